The standard InChI is InChI=1S/C22H25FN2O7/c1-13-5-6-16(17(23)9-13)10-14(2)32-19(27)11-25-22(28)20-21(31-12-30-15(3)26)18(29-4)7-8-24-20/h5-9,14H,10-12H2,1-4H3,(H,25,28). The number of carbonyl (C=O) groups is 3. The van der Waals surface area contributed by atoms with Gasteiger partial charge in [-0.25, -0.2) is 9.37 Å². The summed E-state index contributed by atoms with van der Waals surface area (Å²) in [6.07, 6.45) is 0.912. The van der Waals surface area contributed by atoms with Crippen molar-refractivity contribution >= 4 is 17.8 Å². The van der Waals surface area contributed by atoms with Gasteiger partial charge in [0.05, 0.1) is 7.11 Å². The molecule has 1 heterocycles. The normalized spacial score (nSPS) is 11.3. The van der Waals surface area contributed by atoms with Crippen molar-refractivity contribution in [2.75, 3.05) is 20.4 Å². The van der Waals surface area contributed by atoms with Gasteiger partial charge >= 0.3 is 11.9 Å². The van der Waals surface area contributed by atoms with Gasteiger partial charge in [0, 0.05) is 25.6 Å². The Hall–Kier alpha value is -3.69. The van der Waals surface area contributed by atoms with Gasteiger partial charge in [0.15, 0.2) is 17.2 Å². The van der Waals surface area contributed by atoms with Crippen LogP contribution in [0.2, 0.25) is 0 Å². The van der Waals surface area contributed by atoms with Gasteiger partial charge in [0.2, 0.25) is 6.79 Å². The predicted octanol–water partition coefficient (Wildman–Crippen LogP) is 2.34. The van der Waals surface area contributed by atoms with Crippen LogP contribution in [-0.4, -0.2) is 49.4 Å². The zero-order chi connectivity index (χ0) is 23.7. The molecule has 0 aliphatic heterocycles. The van der Waals surface area contributed by atoms with E-state index in [2.05, 4.69) is 10.3 Å². The number of carbonyl (C=O) groups excluding carboxylic acids is 3. The Labute approximate surface area is 184 Å². The van der Waals surface area contributed by atoms with E-state index in [1.54, 1.807) is 26.0 Å². The highest BCUT2D eigenvalue weighted by molar-refractivity contribution is 5.97. The van der Waals surface area contributed by atoms with Crippen molar-refractivity contribution in [2.45, 2.75) is 33.3 Å². The molecule has 1 aromatic carbocycles. The fraction of sp³-hybridized carbons (Fsp3) is 0.364. The highest BCUT2D eigenvalue weighted by atomic mass is 19.1. The molecule has 0 bridgehead atoms. The SMILES string of the molecule is COc1ccnc(C(=O)NCC(=O)OC(C)Cc2ccc(C)cc2F)c1OCOC(C)=O. The van der Waals surface area contributed by atoms with Gasteiger partial charge in [-0.1, -0.05) is 12.1 Å². The molecule has 1 aromatic heterocycles. The lowest BCUT2D eigenvalue weighted by Crippen LogP contribution is -2.33. The molecule has 172 valence electrons. The molecule has 1 amide bonds. The van der Waals surface area contributed by atoms with E-state index in [4.69, 9.17) is 18.9 Å². The van der Waals surface area contributed by atoms with E-state index in [1.807, 2.05) is 0 Å². The zero-order valence-corrected chi connectivity index (χ0v) is 18.3. The topological polar surface area (TPSA) is 113 Å². The molecule has 10 heteroatoms. The Morgan fingerprint density at radius 1 is 1.22 bits per heavy atom. The highest BCUT2D eigenvalue weighted by Gasteiger charge is 2.21. The average Bonchev–Trinajstić information content (AvgIpc) is 2.73. The zero-order valence-electron chi connectivity index (χ0n) is 18.3. The van der Waals surface area contributed by atoms with Gasteiger partial charge in [-0.05, 0) is 31.0 Å². The summed E-state index contributed by atoms with van der Waals surface area (Å²) in [6.45, 7) is 3.72. The summed E-state index contributed by atoms with van der Waals surface area (Å²) in [5.41, 5.74) is 1.05. The second-order valence-corrected chi connectivity index (χ2v) is 6.87. The Bertz CT molecular complexity index is 981. The van der Waals surface area contributed by atoms with Crippen LogP contribution in [-0.2, 0) is 25.5 Å². The third-order valence-corrected chi connectivity index (χ3v) is 4.21. The maximum Gasteiger partial charge on any atom is 0.325 e. The first kappa shape index (κ1) is 24.6. The maximum atomic E-state index is 14.0. The van der Waals surface area contributed by atoms with Crippen LogP contribution in [0.4, 0.5) is 4.39 Å². The van der Waals surface area contributed by atoms with Crippen LogP contribution in [0.1, 0.15) is 35.5 Å². The quantitative estimate of drug-likeness (QED) is 0.435. The molecule has 0 saturated heterocycles. The monoisotopic (exact) mass is 448 g/mol. The van der Waals surface area contributed by atoms with Crippen molar-refractivity contribution in [3.8, 4) is 11.5 Å². The van der Waals surface area contributed by atoms with Crippen molar-refractivity contribution in [1.29, 1.82) is 0 Å². The Kier molecular flexibility index (Phi) is 8.94. The third-order valence-electron chi connectivity index (χ3n) is 4.21. The number of esters is 2. The molecule has 1 N–H and O–H groups in total. The molecule has 2 aromatic rings. The first-order valence-electron chi connectivity index (χ1n) is 9.73. The first-order valence-corrected chi connectivity index (χ1v) is 9.73. The van der Waals surface area contributed by atoms with E-state index in [1.165, 1.54) is 32.4 Å². The number of benzene rings is 1. The molecule has 1 atom stereocenters. The number of pyridine rings is 1. The van der Waals surface area contributed by atoms with Crippen molar-refractivity contribution < 1.29 is 37.7 Å². The predicted molar refractivity (Wildman–Crippen MR) is 111 cm³/mol. The lowest BCUT2D eigenvalue weighted by atomic mass is 10.1. The molecule has 1 unspecified atom stereocenters. The van der Waals surface area contributed by atoms with Crippen LogP contribution in [0.15, 0.2) is 30.5 Å². The number of aryl methyl sites for hydroxylation is 1. The molecule has 32 heavy (non-hydrogen) atoms. The van der Waals surface area contributed by atoms with Crippen molar-refractivity contribution in [1.82, 2.24) is 10.3 Å². The second-order valence-electron chi connectivity index (χ2n) is 6.87. The van der Waals surface area contributed by atoms with E-state index >= 15 is 0 Å². The van der Waals surface area contributed by atoms with Gasteiger partial charge in [0.1, 0.15) is 18.5 Å². The van der Waals surface area contributed by atoms with Gasteiger partial charge in [-0.2, -0.15) is 0 Å². The van der Waals surface area contributed by atoms with Crippen LogP contribution in [0.25, 0.3) is 0 Å². The number of hydrogen-bond donors (Lipinski definition) is 1. The fourth-order valence-corrected chi connectivity index (χ4v) is 2.74. The summed E-state index contributed by atoms with van der Waals surface area (Å²) in [4.78, 5) is 39.5. The summed E-state index contributed by atoms with van der Waals surface area (Å²) >= 11 is 0. The summed E-state index contributed by atoms with van der Waals surface area (Å²) in [6, 6.07) is 6.28. The molecule has 0 fully saturated rings. The smallest absolute Gasteiger partial charge is 0.325 e. The minimum absolute atomic E-state index is 0.0506. The maximum absolute atomic E-state index is 14.0. The number of nitrogens with zero attached hydrogens (tertiary/aromatic N) is 1. The Morgan fingerprint density at radius 2 is 1.97 bits per heavy atom. The number of aromatic nitrogens is 1. The molecule has 0 radical (unpaired) electrons. The summed E-state index contributed by atoms with van der Waals surface area (Å²) in [5, 5.41) is 2.38. The Balaban J connectivity index is 1.94. The molecule has 0 aliphatic rings. The number of amides is 1. The van der Waals surface area contributed by atoms with E-state index in [0.29, 0.717) is 5.56 Å². The summed E-state index contributed by atoms with van der Waals surface area (Å²) in [7, 11) is 1.37. The number of rotatable bonds is 10. The Morgan fingerprint density at radius 3 is 2.62 bits per heavy atom. The van der Waals surface area contributed by atoms with Gasteiger partial charge < -0.3 is 24.3 Å². The van der Waals surface area contributed by atoms with E-state index in [0.717, 1.165) is 5.56 Å². The molecule has 9 nitrogen and oxygen atoms in total. The van der Waals surface area contributed by atoms with E-state index in [9.17, 15) is 18.8 Å². The second kappa shape index (κ2) is 11.6. The lowest BCUT2D eigenvalue weighted by molar-refractivity contribution is -0.148. The molecular weight excluding hydrogens is 423 g/mol. The number of ether oxygens (including phenoxy) is 4. The van der Waals surface area contributed by atoms with Crippen LogP contribution in [0, 0.1) is 12.7 Å². The van der Waals surface area contributed by atoms with Gasteiger partial charge in [0.25, 0.3) is 5.91 Å². The number of methoxy groups -OCH3 is 1. The summed E-state index contributed by atoms with van der Waals surface area (Å²) in [5.74, 6) is -2.23. The van der Waals surface area contributed by atoms with Gasteiger partial charge in [-0.3, -0.25) is 14.4 Å². The van der Waals surface area contributed by atoms with Crippen molar-refractivity contribution in [3.63, 3.8) is 0 Å². The molecular formula is C22H25FN2O7. The largest absolute Gasteiger partial charge is 0.493 e. The number of hydrogen-bond acceptors (Lipinski definition) is 8. The minimum Gasteiger partial charge on any atom is -0.493 e. The molecule has 0 aliphatic carbocycles. The lowest BCUT2D eigenvalue weighted by Gasteiger charge is -2.15. The third kappa shape index (κ3) is 7.22. The van der Waals surface area contributed by atoms with Crippen molar-refractivity contribution in [3.05, 3.63) is 53.1 Å². The average molecular weight is 448 g/mol. The van der Waals surface area contributed by atoms with Gasteiger partial charge in [-0.15, -0.1) is 0 Å². The van der Waals surface area contributed by atoms with E-state index in [-0.39, 0.29) is 29.4 Å². The van der Waals surface area contributed by atoms with Crippen LogP contribution >= 0.6 is 0 Å². The van der Waals surface area contributed by atoms with Crippen LogP contribution < -0.4 is 14.8 Å². The molecule has 2 rings (SSSR count). The number of halogens is 1. The molecule has 0 spiro atoms. The highest BCUT2D eigenvalue weighted by Crippen LogP contribution is 2.29. The van der Waals surface area contributed by atoms with Crippen molar-refractivity contribution in [2.24, 2.45) is 0 Å². The number of nitrogens with one attached hydrogen (secondary N) is 1. The summed E-state index contributed by atoms with van der Waals surface area (Å²) < 4.78 is 34.4. The van der Waals surface area contributed by atoms with Crippen LogP contribution in [0.3, 0.4) is 0 Å². The fourth-order valence-electron chi connectivity index (χ4n) is 2.74. The van der Waals surface area contributed by atoms with E-state index < -0.39 is 37.3 Å². The minimum atomic E-state index is -0.726. The van der Waals surface area contributed by atoms with Crippen LogP contribution in [0.5, 0.6) is 11.5 Å². The molecule has 0 saturated carbocycles. The first-order chi connectivity index (χ1) is 15.2.